The lowest BCUT2D eigenvalue weighted by molar-refractivity contribution is 0.601. The van der Waals surface area contributed by atoms with Crippen LogP contribution < -0.4 is 0 Å². The maximum Gasteiger partial charge on any atom is 0.0361 e. The van der Waals surface area contributed by atoms with Crippen molar-refractivity contribution in [2.45, 2.75) is 52.4 Å². The molecule has 238 valence electrons. The predicted molar refractivity (Wildman–Crippen MR) is 218 cm³/mol. The Hall–Kier alpha value is -4.98. The molecule has 8 aromatic carbocycles. The van der Waals surface area contributed by atoms with Crippen molar-refractivity contribution in [2.24, 2.45) is 0 Å². The number of hydrogen-bond acceptors (Lipinski definition) is 1. The summed E-state index contributed by atoms with van der Waals surface area (Å²) in [6.45, 7) is 14.1. The Morgan fingerprint density at radius 1 is 0.367 bits per heavy atom. The van der Waals surface area contributed by atoms with E-state index in [1.165, 1.54) is 96.6 Å². The highest BCUT2D eigenvalue weighted by molar-refractivity contribution is 7.26. The minimum atomic E-state index is 0.00180. The summed E-state index contributed by atoms with van der Waals surface area (Å²) < 4.78 is 2.65. The van der Waals surface area contributed by atoms with Crippen molar-refractivity contribution < 1.29 is 0 Å². The normalized spacial score (nSPS) is 12.7. The van der Waals surface area contributed by atoms with Gasteiger partial charge in [-0.3, -0.25) is 0 Å². The van der Waals surface area contributed by atoms with E-state index in [1.807, 2.05) is 11.3 Å². The van der Waals surface area contributed by atoms with Crippen LogP contribution in [-0.4, -0.2) is 0 Å². The first kappa shape index (κ1) is 30.1. The first-order valence-corrected chi connectivity index (χ1v) is 18.3. The Balaban J connectivity index is 1.40. The summed E-state index contributed by atoms with van der Waals surface area (Å²) in [5, 5.41) is 13.3. The van der Waals surface area contributed by atoms with Crippen molar-refractivity contribution in [3.63, 3.8) is 0 Å². The molecule has 0 bridgehead atoms. The van der Waals surface area contributed by atoms with E-state index in [9.17, 15) is 0 Å². The van der Waals surface area contributed by atoms with Crippen LogP contribution in [-0.2, 0) is 10.8 Å². The van der Waals surface area contributed by atoms with Crippen LogP contribution in [0.5, 0.6) is 0 Å². The van der Waals surface area contributed by atoms with Crippen molar-refractivity contribution in [1.29, 1.82) is 0 Å². The summed E-state index contributed by atoms with van der Waals surface area (Å²) in [5.41, 5.74) is 8.09. The van der Waals surface area contributed by atoms with Gasteiger partial charge in [-0.1, -0.05) is 157 Å². The minimum Gasteiger partial charge on any atom is -0.135 e. The summed E-state index contributed by atoms with van der Waals surface area (Å²) in [7, 11) is 0. The third kappa shape index (κ3) is 4.56. The van der Waals surface area contributed by atoms with Gasteiger partial charge in [-0.2, -0.15) is 0 Å². The molecule has 0 saturated carbocycles. The predicted octanol–water partition coefficient (Wildman–Crippen LogP) is 14.6. The summed E-state index contributed by atoms with van der Waals surface area (Å²) in [6, 6.07) is 50.3. The van der Waals surface area contributed by atoms with Crippen LogP contribution in [0.25, 0.3) is 85.5 Å². The Morgan fingerprint density at radius 2 is 0.796 bits per heavy atom. The molecule has 0 aliphatic carbocycles. The molecule has 0 saturated heterocycles. The third-order valence-corrected chi connectivity index (χ3v) is 11.6. The summed E-state index contributed by atoms with van der Waals surface area (Å²) >= 11 is 1.91. The molecule has 1 heteroatoms. The van der Waals surface area contributed by atoms with Crippen molar-refractivity contribution in [3.05, 3.63) is 145 Å². The quantitative estimate of drug-likeness (QED) is 0.164. The van der Waals surface area contributed by atoms with E-state index in [0.29, 0.717) is 0 Å². The van der Waals surface area contributed by atoms with E-state index in [1.54, 1.807) is 0 Å². The zero-order chi connectivity index (χ0) is 33.7. The molecule has 1 heterocycles. The Bertz CT molecular complexity index is 2660. The number of thiophene rings is 1. The van der Waals surface area contributed by atoms with Gasteiger partial charge in [0.05, 0.1) is 0 Å². The smallest absolute Gasteiger partial charge is 0.0361 e. The zero-order valence-corrected chi connectivity index (χ0v) is 29.9. The lowest BCUT2D eigenvalue weighted by atomic mass is 9.77. The van der Waals surface area contributed by atoms with Crippen molar-refractivity contribution in [2.75, 3.05) is 0 Å². The fraction of sp³-hybridized carbons (Fsp3) is 0.167. The number of rotatable bonds is 2. The summed E-state index contributed by atoms with van der Waals surface area (Å²) in [6.07, 6.45) is 0. The molecule has 49 heavy (non-hydrogen) atoms. The van der Waals surface area contributed by atoms with Crippen molar-refractivity contribution >= 4 is 74.6 Å². The fourth-order valence-electron chi connectivity index (χ4n) is 8.66. The second-order valence-corrected chi connectivity index (χ2v) is 16.8. The Kier molecular flexibility index (Phi) is 6.61. The number of hydrogen-bond donors (Lipinski definition) is 0. The highest BCUT2D eigenvalue weighted by Crippen LogP contribution is 2.49. The molecule has 0 nitrogen and oxygen atoms in total. The second-order valence-electron chi connectivity index (χ2n) is 15.7. The highest BCUT2D eigenvalue weighted by Gasteiger charge is 2.26. The average molecular weight is 649 g/mol. The van der Waals surface area contributed by atoms with Gasteiger partial charge in [0, 0.05) is 20.2 Å². The lowest BCUT2D eigenvalue weighted by Crippen LogP contribution is -2.13. The van der Waals surface area contributed by atoms with Crippen LogP contribution in [0.4, 0.5) is 0 Å². The number of benzene rings is 8. The maximum absolute atomic E-state index is 2.48. The highest BCUT2D eigenvalue weighted by atomic mass is 32.1. The molecular weight excluding hydrogens is 609 g/mol. The largest absolute Gasteiger partial charge is 0.135 e. The van der Waals surface area contributed by atoms with E-state index in [2.05, 4.69) is 175 Å². The first-order chi connectivity index (χ1) is 23.6. The molecule has 0 aliphatic rings. The first-order valence-electron chi connectivity index (χ1n) is 17.4. The zero-order valence-electron chi connectivity index (χ0n) is 29.1. The van der Waals surface area contributed by atoms with Gasteiger partial charge in [0.25, 0.3) is 0 Å². The van der Waals surface area contributed by atoms with Crippen molar-refractivity contribution in [1.82, 2.24) is 0 Å². The summed E-state index contributed by atoms with van der Waals surface area (Å²) in [4.78, 5) is 0. The molecular formula is C48H40S. The lowest BCUT2D eigenvalue weighted by Gasteiger charge is -2.26. The topological polar surface area (TPSA) is 0 Å². The molecule has 9 aromatic rings. The van der Waals surface area contributed by atoms with Gasteiger partial charge in [-0.25, -0.2) is 0 Å². The van der Waals surface area contributed by atoms with E-state index >= 15 is 0 Å². The third-order valence-electron chi connectivity index (χ3n) is 10.4. The van der Waals surface area contributed by atoms with Gasteiger partial charge in [0.1, 0.15) is 0 Å². The van der Waals surface area contributed by atoms with Gasteiger partial charge in [-0.05, 0) is 105 Å². The molecule has 0 spiro atoms. The standard InChI is InChI=1S/C48H40S/c1-47(2,3)45-34-20-11-7-16-30(34)42(31-17-8-12-21-35(31)45)29-26-27-40-39(28-29)44-38(24-15-25-41(44)49-40)43-32-18-9-13-22-36(32)46(48(4,5)6)37-23-14-10-19-33(37)43/h7-28H,1-6H3. The van der Waals surface area contributed by atoms with E-state index < -0.39 is 0 Å². The van der Waals surface area contributed by atoms with Crippen LogP contribution >= 0.6 is 11.3 Å². The van der Waals surface area contributed by atoms with Crippen LogP contribution in [0, 0.1) is 0 Å². The molecule has 0 radical (unpaired) electrons. The fourth-order valence-corrected chi connectivity index (χ4v) is 9.78. The second kappa shape index (κ2) is 10.8. The van der Waals surface area contributed by atoms with E-state index in [4.69, 9.17) is 0 Å². The molecule has 0 unspecified atom stereocenters. The average Bonchev–Trinajstić information content (AvgIpc) is 3.46. The maximum atomic E-state index is 2.48. The van der Waals surface area contributed by atoms with Crippen LogP contribution in [0.1, 0.15) is 52.7 Å². The van der Waals surface area contributed by atoms with Crippen LogP contribution in [0.2, 0.25) is 0 Å². The number of fused-ring (bicyclic) bond motifs is 7. The molecule has 0 amide bonds. The van der Waals surface area contributed by atoms with Gasteiger partial charge >= 0.3 is 0 Å². The van der Waals surface area contributed by atoms with Gasteiger partial charge in [-0.15, -0.1) is 11.3 Å². The monoisotopic (exact) mass is 648 g/mol. The van der Waals surface area contributed by atoms with Gasteiger partial charge < -0.3 is 0 Å². The molecule has 0 N–H and O–H groups in total. The van der Waals surface area contributed by atoms with Crippen LogP contribution in [0.15, 0.2) is 133 Å². The Labute approximate surface area is 292 Å². The molecule has 1 aromatic heterocycles. The SMILES string of the molecule is CC(C)(C)c1c2ccccc2c(-c2ccc3sc4cccc(-c5c6ccccc6c(C(C)(C)C)c6ccccc56)c4c3c2)c2ccccc12. The van der Waals surface area contributed by atoms with Gasteiger partial charge in [0.15, 0.2) is 0 Å². The minimum absolute atomic E-state index is 0.00180. The molecule has 9 rings (SSSR count). The molecule has 0 aliphatic heterocycles. The summed E-state index contributed by atoms with van der Waals surface area (Å²) in [5.74, 6) is 0. The molecule has 0 fully saturated rings. The molecule has 0 atom stereocenters. The van der Waals surface area contributed by atoms with Crippen molar-refractivity contribution in [3.8, 4) is 22.3 Å². The van der Waals surface area contributed by atoms with E-state index in [-0.39, 0.29) is 10.8 Å². The van der Waals surface area contributed by atoms with Gasteiger partial charge in [0.2, 0.25) is 0 Å². The Morgan fingerprint density at radius 3 is 1.24 bits per heavy atom. The van der Waals surface area contributed by atoms with Crippen LogP contribution in [0.3, 0.4) is 0 Å². The van der Waals surface area contributed by atoms with E-state index in [0.717, 1.165) is 0 Å².